The van der Waals surface area contributed by atoms with Gasteiger partial charge in [0.1, 0.15) is 11.7 Å². The first-order valence-electron chi connectivity index (χ1n) is 10.8. The number of carbonyl (C=O) groups excluding carboxylic acids is 1. The van der Waals surface area contributed by atoms with Gasteiger partial charge in [-0.15, -0.1) is 0 Å². The maximum atomic E-state index is 12.9. The van der Waals surface area contributed by atoms with E-state index >= 15 is 0 Å². The number of rotatable bonds is 7. The van der Waals surface area contributed by atoms with Crippen LogP contribution in [0.3, 0.4) is 0 Å². The van der Waals surface area contributed by atoms with Gasteiger partial charge in [-0.2, -0.15) is 5.10 Å². The van der Waals surface area contributed by atoms with Crippen LogP contribution < -0.4 is 10.9 Å². The monoisotopic (exact) mass is 454 g/mol. The van der Waals surface area contributed by atoms with E-state index in [0.29, 0.717) is 29.9 Å². The molecule has 0 radical (unpaired) electrons. The Morgan fingerprint density at radius 3 is 2.62 bits per heavy atom. The third-order valence-corrected chi connectivity index (χ3v) is 5.46. The topological polar surface area (TPSA) is 108 Å². The molecule has 0 saturated carbocycles. The molecule has 5 aromatic rings. The van der Waals surface area contributed by atoms with Gasteiger partial charge in [-0.1, -0.05) is 60.2 Å². The van der Waals surface area contributed by atoms with Crippen LogP contribution in [-0.2, 0) is 13.1 Å². The molecule has 3 heterocycles. The molecule has 0 unspecified atom stereocenters. The Morgan fingerprint density at radius 2 is 1.82 bits per heavy atom. The lowest BCUT2D eigenvalue weighted by atomic mass is 10.1. The fourth-order valence-electron chi connectivity index (χ4n) is 3.63. The molecule has 2 aromatic carbocycles. The van der Waals surface area contributed by atoms with Crippen LogP contribution in [0, 0.1) is 6.92 Å². The molecule has 34 heavy (non-hydrogen) atoms. The molecule has 0 saturated heterocycles. The fraction of sp³-hybridized carbons (Fsp3) is 0.160. The van der Waals surface area contributed by atoms with Crippen molar-refractivity contribution in [2.45, 2.75) is 20.0 Å². The Bertz CT molecular complexity index is 1500. The van der Waals surface area contributed by atoms with E-state index in [9.17, 15) is 9.59 Å². The molecule has 0 aliphatic heterocycles. The van der Waals surface area contributed by atoms with Crippen LogP contribution in [0.5, 0.6) is 0 Å². The zero-order valence-corrected chi connectivity index (χ0v) is 18.5. The van der Waals surface area contributed by atoms with Gasteiger partial charge in [-0.25, -0.2) is 14.6 Å². The number of benzene rings is 2. The lowest BCUT2D eigenvalue weighted by Crippen LogP contribution is -2.28. The number of amides is 1. The molecular weight excluding hydrogens is 432 g/mol. The number of fused-ring (bicyclic) bond motifs is 1. The third kappa shape index (κ3) is 4.36. The van der Waals surface area contributed by atoms with E-state index in [4.69, 9.17) is 4.42 Å². The van der Waals surface area contributed by atoms with Crippen LogP contribution in [-0.4, -0.2) is 36.8 Å². The lowest BCUT2D eigenvalue weighted by Gasteiger charge is -2.07. The summed E-state index contributed by atoms with van der Waals surface area (Å²) in [5, 5.41) is 7.47. The van der Waals surface area contributed by atoms with E-state index in [2.05, 4.69) is 20.4 Å². The maximum Gasteiger partial charge on any atom is 0.307 e. The minimum atomic E-state index is -0.424. The highest BCUT2D eigenvalue weighted by Gasteiger charge is 2.15. The molecule has 5 rings (SSSR count). The lowest BCUT2D eigenvalue weighted by molar-refractivity contribution is 0.0918. The summed E-state index contributed by atoms with van der Waals surface area (Å²) < 4.78 is 8.73. The normalized spacial score (nSPS) is 11.1. The van der Waals surface area contributed by atoms with Gasteiger partial charge < -0.3 is 9.73 Å². The molecule has 0 spiro atoms. The van der Waals surface area contributed by atoms with E-state index in [-0.39, 0.29) is 18.0 Å². The van der Waals surface area contributed by atoms with Crippen molar-refractivity contribution in [2.75, 3.05) is 6.54 Å². The molecular formula is C25H22N6O3. The summed E-state index contributed by atoms with van der Waals surface area (Å²) in [6.45, 7) is 3.07. The molecule has 0 fully saturated rings. The summed E-state index contributed by atoms with van der Waals surface area (Å²) in [6.07, 6.45) is 4.56. The highest BCUT2D eigenvalue weighted by Crippen LogP contribution is 2.19. The third-order valence-electron chi connectivity index (χ3n) is 5.46. The highest BCUT2D eigenvalue weighted by atomic mass is 16.4. The molecule has 0 atom stereocenters. The van der Waals surface area contributed by atoms with Crippen LogP contribution in [0.15, 0.2) is 82.5 Å². The molecule has 9 nitrogen and oxygen atoms in total. The van der Waals surface area contributed by atoms with Crippen LogP contribution in [0.25, 0.3) is 22.4 Å². The van der Waals surface area contributed by atoms with Crippen molar-refractivity contribution in [3.05, 3.63) is 101 Å². The van der Waals surface area contributed by atoms with Crippen LogP contribution in [0.2, 0.25) is 0 Å². The van der Waals surface area contributed by atoms with E-state index in [0.717, 1.165) is 16.7 Å². The number of carbonyl (C=O) groups is 1. The van der Waals surface area contributed by atoms with Crippen LogP contribution in [0.1, 0.15) is 21.8 Å². The van der Waals surface area contributed by atoms with Crippen molar-refractivity contribution in [1.82, 2.24) is 29.6 Å². The predicted molar refractivity (Wildman–Crippen MR) is 126 cm³/mol. The first kappa shape index (κ1) is 21.3. The Labute approximate surface area is 194 Å². The smallest absolute Gasteiger partial charge is 0.307 e. The van der Waals surface area contributed by atoms with Gasteiger partial charge in [0.05, 0.1) is 25.5 Å². The van der Waals surface area contributed by atoms with Crippen molar-refractivity contribution in [2.24, 2.45) is 0 Å². The zero-order chi connectivity index (χ0) is 23.5. The zero-order valence-electron chi connectivity index (χ0n) is 18.5. The van der Waals surface area contributed by atoms with Gasteiger partial charge in [0.15, 0.2) is 11.4 Å². The molecule has 0 bridgehead atoms. The van der Waals surface area contributed by atoms with Gasteiger partial charge in [0, 0.05) is 12.1 Å². The van der Waals surface area contributed by atoms with Crippen molar-refractivity contribution in [1.29, 1.82) is 0 Å². The largest absolute Gasteiger partial charge is 0.432 e. The summed E-state index contributed by atoms with van der Waals surface area (Å²) in [6, 6.07) is 17.5. The van der Waals surface area contributed by atoms with E-state index in [1.807, 2.05) is 61.5 Å². The van der Waals surface area contributed by atoms with Crippen LogP contribution in [0.4, 0.5) is 0 Å². The molecule has 170 valence electrons. The first-order valence-corrected chi connectivity index (χ1v) is 10.8. The number of hydrogen-bond donors (Lipinski definition) is 1. The molecule has 3 aromatic heterocycles. The molecule has 0 aliphatic carbocycles. The van der Waals surface area contributed by atoms with Gasteiger partial charge in [0.2, 0.25) is 0 Å². The van der Waals surface area contributed by atoms with Crippen molar-refractivity contribution < 1.29 is 9.21 Å². The SMILES string of the molecule is Cc1ccc(Cn2cnc3c(cnn3CCNC(=O)c3ncc(-c4ccccc4)o3)c2=O)cc1. The van der Waals surface area contributed by atoms with E-state index in [1.165, 1.54) is 18.7 Å². The number of aryl methyl sites for hydroxylation is 1. The van der Waals surface area contributed by atoms with Crippen molar-refractivity contribution in [3.8, 4) is 11.3 Å². The van der Waals surface area contributed by atoms with Gasteiger partial charge >= 0.3 is 5.91 Å². The Morgan fingerprint density at radius 1 is 1.03 bits per heavy atom. The summed E-state index contributed by atoms with van der Waals surface area (Å²) in [5.74, 6) is 0.0864. The maximum absolute atomic E-state index is 12.9. The van der Waals surface area contributed by atoms with E-state index < -0.39 is 5.91 Å². The molecule has 9 heteroatoms. The number of aromatic nitrogens is 5. The second-order valence-electron chi connectivity index (χ2n) is 7.92. The average Bonchev–Trinajstić information content (AvgIpc) is 3.51. The molecule has 0 aliphatic rings. The summed E-state index contributed by atoms with van der Waals surface area (Å²) in [4.78, 5) is 33.8. The quantitative estimate of drug-likeness (QED) is 0.405. The second kappa shape index (κ2) is 9.14. The van der Waals surface area contributed by atoms with E-state index in [1.54, 1.807) is 9.25 Å². The number of nitrogens with zero attached hydrogens (tertiary/aromatic N) is 5. The molecule has 1 N–H and O–H groups in total. The minimum absolute atomic E-state index is 0.0127. The Hall–Kier alpha value is -4.53. The molecule has 1 amide bonds. The highest BCUT2D eigenvalue weighted by molar-refractivity contribution is 5.90. The van der Waals surface area contributed by atoms with Crippen molar-refractivity contribution in [3.63, 3.8) is 0 Å². The van der Waals surface area contributed by atoms with Crippen molar-refractivity contribution >= 4 is 16.9 Å². The summed E-state index contributed by atoms with van der Waals surface area (Å²) >= 11 is 0. The Balaban J connectivity index is 1.24. The number of hydrogen-bond acceptors (Lipinski definition) is 6. The average molecular weight is 454 g/mol. The summed E-state index contributed by atoms with van der Waals surface area (Å²) in [7, 11) is 0. The van der Waals surface area contributed by atoms with Gasteiger partial charge in [-0.05, 0) is 12.5 Å². The second-order valence-corrected chi connectivity index (χ2v) is 7.92. The van der Waals surface area contributed by atoms with Crippen LogP contribution >= 0.6 is 0 Å². The fourth-order valence-corrected chi connectivity index (χ4v) is 3.63. The number of nitrogens with one attached hydrogen (secondary N) is 1. The minimum Gasteiger partial charge on any atom is -0.432 e. The first-order chi connectivity index (χ1) is 16.6. The van der Waals surface area contributed by atoms with Gasteiger partial charge in [0.25, 0.3) is 11.4 Å². The summed E-state index contributed by atoms with van der Waals surface area (Å²) in [5.41, 5.74) is 3.34. The van der Waals surface area contributed by atoms with Gasteiger partial charge in [-0.3, -0.25) is 14.2 Å². The Kier molecular flexibility index (Phi) is 5.73. The predicted octanol–water partition coefficient (Wildman–Crippen LogP) is 3.03. The number of oxazole rings is 1. The standard InChI is InChI=1S/C25H22N6O3/c1-17-7-9-18(10-8-17)15-30-16-28-22-20(25(30)33)13-29-31(22)12-11-26-23(32)24-27-14-21(34-24)19-5-3-2-4-6-19/h2-10,13-14,16H,11-12,15H2,1H3,(H,26,32).